The minimum Gasteiger partial charge on any atom is -0.366 e. The molecular formula is C13H22N6O2. The van der Waals surface area contributed by atoms with Gasteiger partial charge in [-0.15, -0.1) is 5.10 Å². The molecule has 1 saturated heterocycles. The number of aromatic amines is 1. The van der Waals surface area contributed by atoms with Gasteiger partial charge in [-0.25, -0.2) is 0 Å². The van der Waals surface area contributed by atoms with Crippen molar-refractivity contribution < 1.29 is 9.59 Å². The number of rotatable bonds is 5. The van der Waals surface area contributed by atoms with Gasteiger partial charge in [0.15, 0.2) is 0 Å². The van der Waals surface area contributed by atoms with Crippen molar-refractivity contribution in [3.8, 4) is 0 Å². The second-order valence-corrected chi connectivity index (χ2v) is 5.25. The number of amides is 2. The maximum absolute atomic E-state index is 12.1. The molecule has 2 amide bonds. The van der Waals surface area contributed by atoms with Crippen LogP contribution in [0.1, 0.15) is 43.2 Å². The summed E-state index contributed by atoms with van der Waals surface area (Å²) >= 11 is 0. The predicted octanol–water partition coefficient (Wildman–Crippen LogP) is 0.155. The third kappa shape index (κ3) is 3.93. The number of aromatic nitrogens is 3. The molecule has 116 valence electrons. The van der Waals surface area contributed by atoms with Crippen LogP contribution in [0.4, 0.5) is 5.95 Å². The second kappa shape index (κ2) is 7.05. The Bertz CT molecular complexity index is 493. The molecule has 0 atom stereocenters. The molecule has 8 heteroatoms. The van der Waals surface area contributed by atoms with E-state index < -0.39 is 0 Å². The van der Waals surface area contributed by atoms with Crippen molar-refractivity contribution >= 4 is 17.8 Å². The van der Waals surface area contributed by atoms with Crippen molar-refractivity contribution in [1.29, 1.82) is 0 Å². The first-order valence-electron chi connectivity index (χ1n) is 7.36. The van der Waals surface area contributed by atoms with Crippen molar-refractivity contribution in [1.82, 2.24) is 25.4 Å². The molecule has 4 N–H and O–H groups in total. The third-order valence-electron chi connectivity index (χ3n) is 3.69. The zero-order valence-electron chi connectivity index (χ0n) is 12.3. The lowest BCUT2D eigenvalue weighted by atomic mass is 9.96. The van der Waals surface area contributed by atoms with Gasteiger partial charge in [-0.05, 0) is 19.3 Å². The Kier molecular flexibility index (Phi) is 5.13. The lowest BCUT2D eigenvalue weighted by molar-refractivity contribution is -0.126. The fourth-order valence-corrected chi connectivity index (χ4v) is 2.40. The summed E-state index contributed by atoms with van der Waals surface area (Å²) in [6.45, 7) is 3.91. The summed E-state index contributed by atoms with van der Waals surface area (Å²) in [5.74, 6) is 0.0797. The van der Waals surface area contributed by atoms with Crippen molar-refractivity contribution in [2.45, 2.75) is 32.6 Å². The summed E-state index contributed by atoms with van der Waals surface area (Å²) in [6, 6.07) is 0. The number of hydrogen-bond acceptors (Lipinski definition) is 5. The average Bonchev–Trinajstić information content (AvgIpc) is 2.93. The standard InChI is InChI=1S/C13H22N6O2/c1-2-3-6-15-11(20)9-4-7-19(8-5-9)12(21)10-16-13(14)18-17-10/h9H,2-8H2,1H3,(H,15,20)(H3,14,16,17,18). The number of piperidine rings is 1. The van der Waals surface area contributed by atoms with Crippen LogP contribution >= 0.6 is 0 Å². The van der Waals surface area contributed by atoms with Gasteiger partial charge in [0, 0.05) is 25.6 Å². The molecular weight excluding hydrogens is 272 g/mol. The van der Waals surface area contributed by atoms with Crippen molar-refractivity contribution in [3.05, 3.63) is 5.82 Å². The van der Waals surface area contributed by atoms with Crippen molar-refractivity contribution in [2.75, 3.05) is 25.4 Å². The van der Waals surface area contributed by atoms with Gasteiger partial charge in [-0.2, -0.15) is 4.98 Å². The smallest absolute Gasteiger partial charge is 0.291 e. The Morgan fingerprint density at radius 3 is 2.71 bits per heavy atom. The van der Waals surface area contributed by atoms with E-state index in [0.29, 0.717) is 25.9 Å². The number of H-pyrrole nitrogens is 1. The first-order valence-corrected chi connectivity index (χ1v) is 7.36. The van der Waals surface area contributed by atoms with Crippen LogP contribution in [0, 0.1) is 5.92 Å². The van der Waals surface area contributed by atoms with E-state index >= 15 is 0 Å². The van der Waals surface area contributed by atoms with Gasteiger partial charge in [0.25, 0.3) is 5.91 Å². The molecule has 0 saturated carbocycles. The van der Waals surface area contributed by atoms with Gasteiger partial charge < -0.3 is 16.0 Å². The molecule has 1 aromatic heterocycles. The minimum absolute atomic E-state index is 0.00861. The van der Waals surface area contributed by atoms with Crippen molar-refractivity contribution in [2.24, 2.45) is 5.92 Å². The summed E-state index contributed by atoms with van der Waals surface area (Å²) in [6.07, 6.45) is 3.41. The van der Waals surface area contributed by atoms with Crippen LogP contribution in [-0.2, 0) is 4.79 Å². The Balaban J connectivity index is 1.80. The van der Waals surface area contributed by atoms with Crippen LogP contribution < -0.4 is 11.1 Å². The highest BCUT2D eigenvalue weighted by Crippen LogP contribution is 2.18. The molecule has 0 bridgehead atoms. The monoisotopic (exact) mass is 294 g/mol. The van der Waals surface area contributed by atoms with Crippen LogP contribution in [0.5, 0.6) is 0 Å². The van der Waals surface area contributed by atoms with Crippen LogP contribution in [0.2, 0.25) is 0 Å². The topological polar surface area (TPSA) is 117 Å². The summed E-state index contributed by atoms with van der Waals surface area (Å²) in [5.41, 5.74) is 5.39. The Hall–Kier alpha value is -2.12. The van der Waals surface area contributed by atoms with Crippen LogP contribution in [0.15, 0.2) is 0 Å². The van der Waals surface area contributed by atoms with E-state index in [1.807, 2.05) is 0 Å². The first kappa shape index (κ1) is 15.3. The highest BCUT2D eigenvalue weighted by molar-refractivity contribution is 5.91. The maximum Gasteiger partial charge on any atom is 0.291 e. The molecule has 1 fully saturated rings. The van der Waals surface area contributed by atoms with Crippen LogP contribution in [0.25, 0.3) is 0 Å². The number of nitrogens with two attached hydrogens (primary N) is 1. The van der Waals surface area contributed by atoms with Gasteiger partial charge in [0.05, 0.1) is 0 Å². The van der Waals surface area contributed by atoms with Crippen LogP contribution in [-0.4, -0.2) is 51.5 Å². The number of unbranched alkanes of at least 4 members (excludes halogenated alkanes) is 1. The van der Waals surface area contributed by atoms with E-state index in [0.717, 1.165) is 19.4 Å². The lowest BCUT2D eigenvalue weighted by Gasteiger charge is -2.30. The quantitative estimate of drug-likeness (QED) is 0.668. The molecule has 0 spiro atoms. The number of anilines is 1. The van der Waals surface area contributed by atoms with E-state index in [2.05, 4.69) is 27.4 Å². The van der Waals surface area contributed by atoms with Gasteiger partial charge in [-0.1, -0.05) is 13.3 Å². The number of nitrogen functional groups attached to an aromatic ring is 1. The molecule has 2 heterocycles. The molecule has 0 aromatic carbocycles. The zero-order chi connectivity index (χ0) is 15.2. The summed E-state index contributed by atoms with van der Waals surface area (Å²) < 4.78 is 0. The number of nitrogens with one attached hydrogen (secondary N) is 2. The maximum atomic E-state index is 12.1. The molecule has 21 heavy (non-hydrogen) atoms. The highest BCUT2D eigenvalue weighted by atomic mass is 16.2. The van der Waals surface area contributed by atoms with E-state index in [1.54, 1.807) is 4.90 Å². The SMILES string of the molecule is CCCCNC(=O)C1CCN(C(=O)c2nc(N)n[nH]2)CC1. The molecule has 2 rings (SSSR count). The molecule has 1 aliphatic heterocycles. The number of nitrogens with zero attached hydrogens (tertiary/aromatic N) is 3. The molecule has 0 radical (unpaired) electrons. The first-order chi connectivity index (χ1) is 10.1. The van der Waals surface area contributed by atoms with E-state index in [9.17, 15) is 9.59 Å². The summed E-state index contributed by atoms with van der Waals surface area (Å²) in [5, 5.41) is 9.11. The molecule has 1 aromatic rings. The Morgan fingerprint density at radius 1 is 1.43 bits per heavy atom. The van der Waals surface area contributed by atoms with Gasteiger partial charge >= 0.3 is 0 Å². The molecule has 8 nitrogen and oxygen atoms in total. The fraction of sp³-hybridized carbons (Fsp3) is 0.692. The number of hydrogen-bond donors (Lipinski definition) is 3. The van der Waals surface area contributed by atoms with Crippen LogP contribution in [0.3, 0.4) is 0 Å². The molecule has 0 unspecified atom stereocenters. The number of carbonyl (C=O) groups excluding carboxylic acids is 2. The normalized spacial score (nSPS) is 16.0. The van der Waals surface area contributed by atoms with Gasteiger partial charge in [0.1, 0.15) is 0 Å². The largest absolute Gasteiger partial charge is 0.366 e. The number of carbonyl (C=O) groups is 2. The Morgan fingerprint density at radius 2 is 2.14 bits per heavy atom. The zero-order valence-corrected chi connectivity index (χ0v) is 12.3. The number of likely N-dealkylation sites (tertiary alicyclic amines) is 1. The van der Waals surface area contributed by atoms with E-state index in [1.165, 1.54) is 0 Å². The minimum atomic E-state index is -0.218. The highest BCUT2D eigenvalue weighted by Gasteiger charge is 2.28. The van der Waals surface area contributed by atoms with E-state index in [4.69, 9.17) is 5.73 Å². The van der Waals surface area contributed by atoms with Gasteiger partial charge in [-0.3, -0.25) is 14.7 Å². The van der Waals surface area contributed by atoms with Crippen molar-refractivity contribution in [3.63, 3.8) is 0 Å². The lowest BCUT2D eigenvalue weighted by Crippen LogP contribution is -2.43. The summed E-state index contributed by atoms with van der Waals surface area (Å²) in [4.78, 5) is 29.6. The Labute approximate surface area is 123 Å². The molecule has 1 aliphatic rings. The van der Waals surface area contributed by atoms with E-state index in [-0.39, 0.29) is 29.5 Å². The van der Waals surface area contributed by atoms with Gasteiger partial charge in [0.2, 0.25) is 17.7 Å². The average molecular weight is 294 g/mol. The summed E-state index contributed by atoms with van der Waals surface area (Å²) in [7, 11) is 0. The third-order valence-corrected chi connectivity index (χ3v) is 3.69. The molecule has 0 aliphatic carbocycles. The second-order valence-electron chi connectivity index (χ2n) is 5.25. The predicted molar refractivity (Wildman–Crippen MR) is 77.3 cm³/mol. The fourth-order valence-electron chi connectivity index (χ4n) is 2.40.